The van der Waals surface area contributed by atoms with Gasteiger partial charge in [0.1, 0.15) is 0 Å². The fourth-order valence-electron chi connectivity index (χ4n) is 18.3. The second kappa shape index (κ2) is 44.8. The first-order valence-corrected chi connectivity index (χ1v) is 64.8. The number of para-hydroxylation sites is 4. The van der Waals surface area contributed by atoms with E-state index in [4.69, 9.17) is 30.1 Å². The van der Waals surface area contributed by atoms with Gasteiger partial charge in [0.25, 0.3) is 0 Å². The zero-order valence-electron chi connectivity index (χ0n) is 76.5. The van der Waals surface area contributed by atoms with E-state index < -0.39 is 30.1 Å². The Labute approximate surface area is 942 Å². The standard InChI is InChI=1S/2C27H15NOPSe2.2C27H15NPSe2.2C5H8O2.4Ir/c2*29-30-21-9-3-5-11-23(21)31-25-15-18(20-14-13-17-7-1-2-8-19(17)28-20)16-26(27(25)30)32-24-12-6-4-10-22(24)30;2*1-2-8-19-17(7-1)13-14-20(28-19)18-15-25-27-26(16-18)31-24-12-6-4-10-22(24)29(27)21-9-3-5-11-23(21)30-25;2*1-4(6)3-5(2)7;;;;/h2*1-15H;2*1-15H;2*3,6H,1-2H3;;;;/q4*-1;;;;;;. The molecule has 0 saturated heterocycles. The molecule has 8 aliphatic rings. The van der Waals surface area contributed by atoms with Gasteiger partial charge in [0.15, 0.2) is 11.6 Å². The topological polar surface area (TPSA) is 160 Å². The minimum atomic E-state index is -2.89. The fourth-order valence-corrected chi connectivity index (χ4v) is 60.2. The SMILES string of the molecule is CC(=O)C=C(C)O.CC(=O)C=C(C)O.O=P12c3ccccc3[Se]c3[c-]c(-c4ccc5ccccc5n4)cc(c31)[Se]c1ccccc12.O=P12c3ccccc3[Se]c3[c-]c(-c4ccc5ccccc5n4)cc(c31)[Se]c1ccccc12.[Ir].[Ir].[Ir].[Ir].[c-]1c(-c2ccc3ccccc3n2)cc2c3c1[Se]c1ccccc1P3c1ccccc1[Se]2.[c-]1c(-c2ccc3ccccc3n2)cc2c3c1[Se]c1ccccc1P3c1ccccc1[Se]2. The molecule has 28 rings (SSSR count). The van der Waals surface area contributed by atoms with Gasteiger partial charge >= 0.3 is 791 Å². The second-order valence-corrected chi connectivity index (χ2v) is 61.0. The molecule has 4 atom stereocenters. The van der Waals surface area contributed by atoms with Crippen LogP contribution in [-0.4, -0.2) is 161 Å². The predicted octanol–water partition coefficient (Wildman–Crippen LogP) is 7.41. The van der Waals surface area contributed by atoms with Crippen molar-refractivity contribution in [3.05, 3.63) is 412 Å². The van der Waals surface area contributed by atoms with Gasteiger partial charge in [-0.25, -0.2) is 0 Å². The van der Waals surface area contributed by atoms with Crippen molar-refractivity contribution in [2.45, 2.75) is 27.7 Å². The average Bonchev–Trinajstić information content (AvgIpc) is 0.711. The number of carbonyl (C=O) groups excluding carboxylic acids is 2. The van der Waals surface area contributed by atoms with Gasteiger partial charge in [-0.1, -0.05) is 0 Å². The van der Waals surface area contributed by atoms with Crippen molar-refractivity contribution < 1.29 is 109 Å². The first kappa shape index (κ1) is 104. The molecule has 12 heterocycles. The number of hydrogen-bond donors (Lipinski definition) is 2. The van der Waals surface area contributed by atoms with Gasteiger partial charge in [0, 0.05) is 92.6 Å². The molecule has 10 nitrogen and oxygen atoms in total. The summed E-state index contributed by atoms with van der Waals surface area (Å²) >= 11 is 1.58. The van der Waals surface area contributed by atoms with E-state index in [9.17, 15) is 18.7 Å². The van der Waals surface area contributed by atoms with E-state index in [1.165, 1.54) is 113 Å². The summed E-state index contributed by atoms with van der Waals surface area (Å²) in [4.78, 5) is 39.9. The fraction of sp³-hybridized carbons (Fsp3) is 0.0339. The number of aliphatic hydroxyl groups excluding tert-OH is 2. The van der Waals surface area contributed by atoms with Crippen LogP contribution in [0.4, 0.5) is 0 Å². The number of carbonyl (C=O) groups is 2. The molecule has 4 radical (unpaired) electrons. The Kier molecular flexibility index (Phi) is 32.4. The summed E-state index contributed by atoms with van der Waals surface area (Å²) in [5.74, 6) is -0.125. The Hall–Kier alpha value is -8.35. The Morgan fingerprint density at radius 3 is 0.764 bits per heavy atom. The number of ketones is 2. The summed E-state index contributed by atoms with van der Waals surface area (Å²) in [6.07, 6.45) is 2.33. The maximum atomic E-state index is 14.9. The van der Waals surface area contributed by atoms with E-state index in [0.717, 1.165) is 119 Å². The maximum absolute atomic E-state index is 14.9. The molecule has 2 N–H and O–H groups in total. The van der Waals surface area contributed by atoms with E-state index in [1.807, 2.05) is 48.5 Å². The van der Waals surface area contributed by atoms with E-state index >= 15 is 0 Å². The van der Waals surface area contributed by atoms with Gasteiger partial charge in [-0.2, -0.15) is 0 Å². The van der Waals surface area contributed by atoms with E-state index in [-0.39, 0.29) is 193 Å². The van der Waals surface area contributed by atoms with Crippen LogP contribution >= 0.6 is 30.1 Å². The summed E-state index contributed by atoms with van der Waals surface area (Å²) in [7, 11) is -6.73. The molecule has 16 aromatic carbocycles. The molecule has 20 aromatic rings. The quantitative estimate of drug-likeness (QED) is 0.0565. The summed E-state index contributed by atoms with van der Waals surface area (Å²) in [6, 6.07) is 144. The number of aromatic nitrogens is 4. The first-order chi connectivity index (χ1) is 68.4. The molecule has 712 valence electrons. The van der Waals surface area contributed by atoms with Gasteiger partial charge < -0.3 is 10.2 Å². The zero-order valence-corrected chi connectivity index (χ0v) is 103. The Morgan fingerprint density at radius 1 is 0.264 bits per heavy atom. The van der Waals surface area contributed by atoms with Crippen LogP contribution in [0.1, 0.15) is 27.7 Å². The van der Waals surface area contributed by atoms with Crippen LogP contribution in [0.5, 0.6) is 0 Å². The van der Waals surface area contributed by atoms with E-state index in [0.29, 0.717) is 29.9 Å². The van der Waals surface area contributed by atoms with E-state index in [2.05, 4.69) is 340 Å². The number of allylic oxidation sites excluding steroid dienone is 4. The predicted molar refractivity (Wildman–Crippen MR) is 595 cm³/mol. The van der Waals surface area contributed by atoms with Crippen LogP contribution in [-0.2, 0) is 99.1 Å². The molecule has 0 bridgehead atoms. The Balaban J connectivity index is 0.000000115. The van der Waals surface area contributed by atoms with Crippen LogP contribution in [0, 0.1) is 24.3 Å². The molecule has 4 unspecified atom stereocenters. The number of hydrogen-bond acceptors (Lipinski definition) is 10. The molecular weight excluding hydrogens is 3090 g/mol. The van der Waals surface area contributed by atoms with Crippen LogP contribution in [0.3, 0.4) is 0 Å². The Bertz CT molecular complexity index is 7980. The number of aliphatic hydroxyl groups is 2. The number of rotatable bonds is 6. The van der Waals surface area contributed by atoms with Gasteiger partial charge in [-0.15, -0.1) is 0 Å². The molecule has 144 heavy (non-hydrogen) atoms. The van der Waals surface area contributed by atoms with Crippen LogP contribution in [0.25, 0.3) is 88.6 Å². The molecule has 0 saturated carbocycles. The van der Waals surface area contributed by atoms with Crippen molar-refractivity contribution in [1.82, 2.24) is 19.9 Å². The van der Waals surface area contributed by atoms with Crippen LogP contribution < -0.4 is 135 Å². The van der Waals surface area contributed by atoms with Gasteiger partial charge in [-0.3, -0.25) is 9.59 Å². The summed E-state index contributed by atoms with van der Waals surface area (Å²) in [5, 5.41) is 37.0. The van der Waals surface area contributed by atoms with Gasteiger partial charge in [0.05, 0.1) is 11.5 Å². The Morgan fingerprint density at radius 2 is 0.486 bits per heavy atom. The summed E-state index contributed by atoms with van der Waals surface area (Å²) < 4.78 is 51.6. The second-order valence-electron chi connectivity index (χ2n) is 33.7. The molecule has 26 heteroatoms. The number of fused-ring (bicyclic) bond motifs is 20. The monoisotopic (exact) mass is 3180 g/mol. The molecule has 0 fully saturated rings. The molecule has 0 amide bonds. The van der Waals surface area contributed by atoms with E-state index in [1.54, 1.807) is 31.8 Å². The molecule has 8 aliphatic heterocycles. The normalized spacial score (nSPS) is 15.9. The van der Waals surface area contributed by atoms with Crippen LogP contribution in [0.2, 0.25) is 0 Å². The third kappa shape index (κ3) is 20.4. The minimum absolute atomic E-state index is 0. The molecule has 0 spiro atoms. The third-order valence-corrected chi connectivity index (χ3v) is 60.0. The number of pyridine rings is 4. The number of benzene rings is 16. The zero-order chi connectivity index (χ0) is 95.0. The van der Waals surface area contributed by atoms with Crippen LogP contribution in [0.15, 0.2) is 388 Å². The van der Waals surface area contributed by atoms with Crippen molar-refractivity contribution in [2.75, 3.05) is 0 Å². The first-order valence-electron chi connectivity index (χ1n) is 45.0. The van der Waals surface area contributed by atoms with Crippen molar-refractivity contribution in [1.29, 1.82) is 0 Å². The molecule has 4 aromatic heterocycles. The molecule has 0 aliphatic carbocycles. The third-order valence-electron chi connectivity index (χ3n) is 24.3. The van der Waals surface area contributed by atoms with Crippen molar-refractivity contribution >= 4 is 340 Å². The average molecular weight is 3170 g/mol. The number of nitrogens with zero attached hydrogens (tertiary/aromatic N) is 4. The summed E-state index contributed by atoms with van der Waals surface area (Å²) in [5.41, 5.74) is 12.3. The van der Waals surface area contributed by atoms with Gasteiger partial charge in [0.2, 0.25) is 0 Å². The van der Waals surface area contributed by atoms with Gasteiger partial charge in [-0.05, 0) is 27.7 Å². The van der Waals surface area contributed by atoms with Crippen molar-refractivity contribution in [3.8, 4) is 45.0 Å². The van der Waals surface area contributed by atoms with Crippen molar-refractivity contribution in [3.63, 3.8) is 0 Å². The van der Waals surface area contributed by atoms with Crippen molar-refractivity contribution in [2.24, 2.45) is 0 Å². The molecular formula is C118H76Ir4N4O6P4Se8-4. The summed E-state index contributed by atoms with van der Waals surface area (Å²) in [6.45, 7) is 5.70.